The van der Waals surface area contributed by atoms with Gasteiger partial charge in [-0.25, -0.2) is 22.3 Å². The molecule has 0 aliphatic carbocycles. The van der Waals surface area contributed by atoms with Crippen molar-refractivity contribution in [2.75, 3.05) is 7.11 Å². The molecule has 1 heterocycles. The Bertz CT molecular complexity index is 1220. The van der Waals surface area contributed by atoms with Crippen LogP contribution in [0, 0.1) is 5.82 Å². The van der Waals surface area contributed by atoms with Gasteiger partial charge in [-0.1, -0.05) is 5.16 Å². The third kappa shape index (κ3) is 5.68. The van der Waals surface area contributed by atoms with Crippen molar-refractivity contribution in [1.29, 1.82) is 0 Å². The van der Waals surface area contributed by atoms with E-state index in [9.17, 15) is 17.6 Å². The molecule has 3 rings (SSSR count). The molecule has 0 radical (unpaired) electrons. The number of carbonyl (C=O) groups is 1. The molecule has 0 bridgehead atoms. The molecule has 0 aliphatic rings. The van der Waals surface area contributed by atoms with Crippen molar-refractivity contribution < 1.29 is 31.6 Å². The second-order valence-corrected chi connectivity index (χ2v) is 9.47. The van der Waals surface area contributed by atoms with Gasteiger partial charge in [-0.05, 0) is 63.2 Å². The third-order valence-corrected chi connectivity index (χ3v) is 5.81. The summed E-state index contributed by atoms with van der Waals surface area (Å²) in [6, 6.07) is 9.42. The van der Waals surface area contributed by atoms with E-state index in [-0.39, 0.29) is 34.5 Å². The fourth-order valence-corrected chi connectivity index (χ4v) is 4.33. The van der Waals surface area contributed by atoms with Crippen molar-refractivity contribution >= 4 is 16.0 Å². The monoisotopic (exact) mass is 463 g/mol. The summed E-state index contributed by atoms with van der Waals surface area (Å²) < 4.78 is 56.4. The molecule has 2 aromatic carbocycles. The Balaban J connectivity index is 1.75. The first-order chi connectivity index (χ1) is 15.0. The number of hydrogen-bond acceptors (Lipinski definition) is 8. The Morgan fingerprint density at radius 2 is 1.84 bits per heavy atom. The molecule has 9 nitrogen and oxygen atoms in total. The molecule has 0 saturated heterocycles. The molecule has 0 aliphatic heterocycles. The molecule has 0 saturated carbocycles. The van der Waals surface area contributed by atoms with Gasteiger partial charge in [-0.15, -0.1) is 0 Å². The Kier molecular flexibility index (Phi) is 6.60. The highest BCUT2D eigenvalue weighted by molar-refractivity contribution is 7.89. The molecule has 0 unspecified atom stereocenters. The summed E-state index contributed by atoms with van der Waals surface area (Å²) >= 11 is 0. The molecule has 0 spiro atoms. The summed E-state index contributed by atoms with van der Waals surface area (Å²) in [4.78, 5) is 16.4. The minimum atomic E-state index is -3.96. The van der Waals surface area contributed by atoms with Crippen LogP contribution in [0.25, 0.3) is 11.4 Å². The topological polar surface area (TPSA) is 121 Å². The molecule has 32 heavy (non-hydrogen) atoms. The average Bonchev–Trinajstić information content (AvgIpc) is 3.19. The number of ether oxygens (including phenoxy) is 2. The number of benzene rings is 2. The lowest BCUT2D eigenvalue weighted by Gasteiger charge is -2.21. The number of methoxy groups -OCH3 is 1. The Labute approximate surface area is 184 Å². The molecule has 0 amide bonds. The number of nitrogens with zero attached hydrogens (tertiary/aromatic N) is 2. The lowest BCUT2D eigenvalue weighted by atomic mass is 10.1. The van der Waals surface area contributed by atoms with E-state index in [4.69, 9.17) is 14.0 Å². The van der Waals surface area contributed by atoms with E-state index >= 15 is 0 Å². The van der Waals surface area contributed by atoms with E-state index < -0.39 is 27.3 Å². The number of esters is 1. The zero-order valence-corrected chi connectivity index (χ0v) is 18.7. The minimum Gasteiger partial charge on any atom is -0.495 e. The molecular weight excluding hydrogens is 441 g/mol. The largest absolute Gasteiger partial charge is 0.495 e. The van der Waals surface area contributed by atoms with Crippen LogP contribution in [-0.4, -0.2) is 37.2 Å². The van der Waals surface area contributed by atoms with Gasteiger partial charge in [0.05, 0.1) is 12.7 Å². The van der Waals surface area contributed by atoms with Gasteiger partial charge in [-0.3, -0.25) is 0 Å². The quantitative estimate of drug-likeness (QED) is 0.530. The van der Waals surface area contributed by atoms with Gasteiger partial charge in [0.1, 0.15) is 16.5 Å². The fraction of sp³-hybridized carbons (Fsp3) is 0.286. The van der Waals surface area contributed by atoms with Gasteiger partial charge in [0.15, 0.2) is 6.61 Å². The van der Waals surface area contributed by atoms with Crippen LogP contribution in [0.15, 0.2) is 51.9 Å². The maximum atomic E-state index is 13.0. The maximum Gasteiger partial charge on any atom is 0.338 e. The van der Waals surface area contributed by atoms with Crippen molar-refractivity contribution in [1.82, 2.24) is 14.9 Å². The van der Waals surface area contributed by atoms with E-state index in [1.807, 2.05) is 0 Å². The predicted octanol–water partition coefficient (Wildman–Crippen LogP) is 3.32. The van der Waals surface area contributed by atoms with Crippen LogP contribution in [0.2, 0.25) is 0 Å². The van der Waals surface area contributed by atoms with Crippen molar-refractivity contribution in [2.24, 2.45) is 0 Å². The SMILES string of the molecule is COc1ccc(C(=O)OCc2nc(-c3ccc(F)cc3)no2)cc1S(=O)(=O)NC(C)(C)C. The Morgan fingerprint density at radius 1 is 1.16 bits per heavy atom. The molecule has 0 fully saturated rings. The van der Waals surface area contributed by atoms with Crippen LogP contribution >= 0.6 is 0 Å². The Hall–Kier alpha value is -3.31. The first-order valence-corrected chi connectivity index (χ1v) is 10.9. The van der Waals surface area contributed by atoms with E-state index in [0.29, 0.717) is 5.56 Å². The molecule has 11 heteroatoms. The molecular formula is C21H22FN3O6S. The van der Waals surface area contributed by atoms with Crippen LogP contribution in [0.1, 0.15) is 37.0 Å². The molecule has 0 atom stereocenters. The van der Waals surface area contributed by atoms with Gasteiger partial charge in [-0.2, -0.15) is 4.98 Å². The number of halogens is 1. The number of carbonyl (C=O) groups excluding carboxylic acids is 1. The van der Waals surface area contributed by atoms with Crippen LogP contribution < -0.4 is 9.46 Å². The molecule has 170 valence electrons. The van der Waals surface area contributed by atoms with Crippen LogP contribution in [0.3, 0.4) is 0 Å². The normalized spacial score (nSPS) is 11.9. The smallest absolute Gasteiger partial charge is 0.338 e. The summed E-state index contributed by atoms with van der Waals surface area (Å²) in [6.07, 6.45) is 0. The number of aromatic nitrogens is 2. The minimum absolute atomic E-state index is 0.00152. The van der Waals surface area contributed by atoms with Gasteiger partial charge < -0.3 is 14.0 Å². The van der Waals surface area contributed by atoms with Crippen molar-refractivity contribution in [2.45, 2.75) is 37.8 Å². The summed E-state index contributed by atoms with van der Waals surface area (Å²) in [6.45, 7) is 4.75. The molecule has 1 N–H and O–H groups in total. The molecule has 1 aromatic heterocycles. The zero-order valence-electron chi connectivity index (χ0n) is 17.9. The summed E-state index contributed by atoms with van der Waals surface area (Å²) in [5, 5.41) is 3.77. The summed E-state index contributed by atoms with van der Waals surface area (Å²) in [7, 11) is -2.63. The first kappa shape index (κ1) is 23.4. The van der Waals surface area contributed by atoms with Crippen molar-refractivity contribution in [3.05, 3.63) is 59.7 Å². The number of nitrogens with one attached hydrogen (secondary N) is 1. The van der Waals surface area contributed by atoms with E-state index in [0.717, 1.165) is 0 Å². The van der Waals surface area contributed by atoms with Crippen LogP contribution in [0.4, 0.5) is 4.39 Å². The van der Waals surface area contributed by atoms with Crippen molar-refractivity contribution in [3.8, 4) is 17.1 Å². The van der Waals surface area contributed by atoms with Gasteiger partial charge in [0.2, 0.25) is 15.8 Å². The van der Waals surface area contributed by atoms with E-state index in [2.05, 4.69) is 14.9 Å². The van der Waals surface area contributed by atoms with Gasteiger partial charge in [0, 0.05) is 11.1 Å². The highest BCUT2D eigenvalue weighted by Crippen LogP contribution is 2.26. The summed E-state index contributed by atoms with van der Waals surface area (Å²) in [5.74, 6) is -0.874. The molecule has 3 aromatic rings. The second-order valence-electron chi connectivity index (χ2n) is 7.82. The highest BCUT2D eigenvalue weighted by atomic mass is 32.2. The Morgan fingerprint density at radius 3 is 2.47 bits per heavy atom. The maximum absolute atomic E-state index is 13.0. The number of hydrogen-bond donors (Lipinski definition) is 1. The highest BCUT2D eigenvalue weighted by Gasteiger charge is 2.27. The predicted molar refractivity (Wildman–Crippen MR) is 112 cm³/mol. The summed E-state index contributed by atoms with van der Waals surface area (Å²) in [5.41, 5.74) is -0.206. The average molecular weight is 463 g/mol. The van der Waals surface area contributed by atoms with Gasteiger partial charge in [0.25, 0.3) is 5.89 Å². The lowest BCUT2D eigenvalue weighted by Crippen LogP contribution is -2.40. The second kappa shape index (κ2) is 9.05. The van der Waals surface area contributed by atoms with Crippen LogP contribution in [0.5, 0.6) is 5.75 Å². The third-order valence-electron chi connectivity index (χ3n) is 4.03. The number of sulfonamides is 1. The fourth-order valence-electron chi connectivity index (χ4n) is 2.71. The van der Waals surface area contributed by atoms with Gasteiger partial charge >= 0.3 is 5.97 Å². The van der Waals surface area contributed by atoms with Crippen LogP contribution in [-0.2, 0) is 21.4 Å². The first-order valence-electron chi connectivity index (χ1n) is 9.46. The lowest BCUT2D eigenvalue weighted by molar-refractivity contribution is 0.0429. The van der Waals surface area contributed by atoms with Crippen molar-refractivity contribution in [3.63, 3.8) is 0 Å². The van der Waals surface area contributed by atoms with E-state index in [1.54, 1.807) is 20.8 Å². The number of rotatable bonds is 7. The van der Waals surface area contributed by atoms with E-state index in [1.165, 1.54) is 49.6 Å². The zero-order chi connectivity index (χ0) is 23.5. The standard InChI is InChI=1S/C21H22FN3O6S/c1-21(2,3)25-32(27,28)17-11-14(7-10-16(17)29-4)20(26)30-12-18-23-19(24-31-18)13-5-8-15(22)9-6-13/h5-11,25H,12H2,1-4H3.